The van der Waals surface area contributed by atoms with Crippen molar-refractivity contribution in [3.63, 3.8) is 0 Å². The molecule has 0 radical (unpaired) electrons. The number of benzene rings is 2. The van der Waals surface area contributed by atoms with Crippen LogP contribution in [0.1, 0.15) is 16.7 Å². The van der Waals surface area contributed by atoms with Crippen LogP contribution in [0, 0.1) is 6.92 Å². The molecule has 24 heavy (non-hydrogen) atoms. The normalized spacial score (nSPS) is 12.1. The van der Waals surface area contributed by atoms with Crippen LogP contribution in [0.4, 0.5) is 0 Å². The lowest BCUT2D eigenvalue weighted by Gasteiger charge is -2.11. The van der Waals surface area contributed by atoms with Gasteiger partial charge in [0.2, 0.25) is 12.7 Å². The number of methoxy groups -OCH3 is 1. The molecule has 0 bridgehead atoms. The van der Waals surface area contributed by atoms with E-state index in [0.29, 0.717) is 23.1 Å². The van der Waals surface area contributed by atoms with Gasteiger partial charge < -0.3 is 19.5 Å². The minimum Gasteiger partial charge on any atom is -0.496 e. The van der Waals surface area contributed by atoms with Gasteiger partial charge in [-0.25, -0.2) is 0 Å². The summed E-state index contributed by atoms with van der Waals surface area (Å²) in [5.41, 5.74) is 2.62. The molecule has 3 rings (SSSR count). The lowest BCUT2D eigenvalue weighted by Crippen LogP contribution is -2.24. The Morgan fingerprint density at radius 1 is 1.25 bits per heavy atom. The maximum Gasteiger partial charge on any atom is 0.231 e. The number of nitrogens with one attached hydrogen (secondary N) is 1. The van der Waals surface area contributed by atoms with Crippen molar-refractivity contribution in [2.75, 3.05) is 13.9 Å². The summed E-state index contributed by atoms with van der Waals surface area (Å²) in [6.45, 7) is 2.55. The Morgan fingerprint density at radius 2 is 2.04 bits per heavy atom. The van der Waals surface area contributed by atoms with Crippen molar-refractivity contribution in [2.24, 2.45) is 0 Å². The molecule has 1 heterocycles. The average Bonchev–Trinajstić information content (AvgIpc) is 3.03. The molecule has 0 saturated heterocycles. The largest absolute Gasteiger partial charge is 0.496 e. The summed E-state index contributed by atoms with van der Waals surface area (Å²) in [7, 11) is 1.58. The van der Waals surface area contributed by atoms with Crippen LogP contribution in [0.15, 0.2) is 30.3 Å². The summed E-state index contributed by atoms with van der Waals surface area (Å²) in [4.78, 5) is 12.2. The molecule has 2 aromatic carbocycles. The van der Waals surface area contributed by atoms with Gasteiger partial charge in [-0.2, -0.15) is 0 Å². The molecule has 5 nitrogen and oxygen atoms in total. The quantitative estimate of drug-likeness (QED) is 0.902. The number of aryl methyl sites for hydroxylation is 1. The molecule has 0 fully saturated rings. The van der Waals surface area contributed by atoms with Gasteiger partial charge in [0.05, 0.1) is 13.5 Å². The van der Waals surface area contributed by atoms with E-state index in [1.54, 1.807) is 13.2 Å². The number of halogens is 1. The molecule has 0 saturated carbocycles. The molecule has 1 amide bonds. The van der Waals surface area contributed by atoms with Crippen molar-refractivity contribution >= 4 is 17.5 Å². The minimum atomic E-state index is -0.106. The number of hydrogen-bond acceptors (Lipinski definition) is 4. The van der Waals surface area contributed by atoms with E-state index < -0.39 is 0 Å². The molecule has 0 atom stereocenters. The summed E-state index contributed by atoms with van der Waals surface area (Å²) in [5, 5.41) is 3.51. The van der Waals surface area contributed by atoms with E-state index in [9.17, 15) is 4.79 Å². The summed E-state index contributed by atoms with van der Waals surface area (Å²) in [6.07, 6.45) is 0.202. The van der Waals surface area contributed by atoms with E-state index in [1.807, 2.05) is 31.2 Å². The fraction of sp³-hybridized carbons (Fsp3) is 0.278. The molecule has 2 aromatic rings. The van der Waals surface area contributed by atoms with Crippen LogP contribution in [0.3, 0.4) is 0 Å². The van der Waals surface area contributed by atoms with Gasteiger partial charge in [-0.05, 0) is 42.3 Å². The molecule has 0 unspecified atom stereocenters. The number of carbonyl (C=O) groups excluding carboxylic acids is 1. The van der Waals surface area contributed by atoms with E-state index in [-0.39, 0.29) is 19.1 Å². The standard InChI is InChI=1S/C18H18ClNO4/c1-11-5-16(22-2)13(7-14(11)19)8-18(21)20-9-12-3-4-15-17(6-12)24-10-23-15/h3-7H,8-10H2,1-2H3,(H,20,21). The second-order valence-corrected chi connectivity index (χ2v) is 5.96. The zero-order valence-corrected chi connectivity index (χ0v) is 14.3. The number of ether oxygens (including phenoxy) is 3. The topological polar surface area (TPSA) is 56.8 Å². The first-order chi connectivity index (χ1) is 11.6. The van der Waals surface area contributed by atoms with Gasteiger partial charge >= 0.3 is 0 Å². The maximum absolute atomic E-state index is 12.2. The van der Waals surface area contributed by atoms with Crippen molar-refractivity contribution in [3.8, 4) is 17.2 Å². The molecular formula is C18H18ClNO4. The molecule has 1 aliphatic heterocycles. The summed E-state index contributed by atoms with van der Waals surface area (Å²) >= 11 is 6.14. The summed E-state index contributed by atoms with van der Waals surface area (Å²) < 4.78 is 15.9. The lowest BCUT2D eigenvalue weighted by atomic mass is 10.1. The van der Waals surface area contributed by atoms with E-state index in [0.717, 1.165) is 22.4 Å². The highest BCUT2D eigenvalue weighted by atomic mass is 35.5. The van der Waals surface area contributed by atoms with Gasteiger partial charge in [-0.15, -0.1) is 0 Å². The average molecular weight is 348 g/mol. The molecule has 6 heteroatoms. The van der Waals surface area contributed by atoms with E-state index in [2.05, 4.69) is 5.32 Å². The van der Waals surface area contributed by atoms with Crippen LogP contribution >= 0.6 is 11.6 Å². The fourth-order valence-electron chi connectivity index (χ4n) is 2.51. The van der Waals surface area contributed by atoms with Crippen molar-refractivity contribution < 1.29 is 19.0 Å². The van der Waals surface area contributed by atoms with Gasteiger partial charge in [0.15, 0.2) is 11.5 Å². The smallest absolute Gasteiger partial charge is 0.231 e. The van der Waals surface area contributed by atoms with Gasteiger partial charge in [0.1, 0.15) is 5.75 Å². The third-order valence-corrected chi connectivity index (χ3v) is 4.25. The van der Waals surface area contributed by atoms with Crippen molar-refractivity contribution in [1.82, 2.24) is 5.32 Å². The monoisotopic (exact) mass is 347 g/mol. The van der Waals surface area contributed by atoms with Crippen molar-refractivity contribution in [3.05, 3.63) is 52.0 Å². The molecule has 0 aliphatic carbocycles. The molecule has 1 aliphatic rings. The highest BCUT2D eigenvalue weighted by molar-refractivity contribution is 6.31. The second kappa shape index (κ2) is 7.01. The van der Waals surface area contributed by atoms with Crippen LogP contribution in [-0.4, -0.2) is 19.8 Å². The Labute approximate surface area is 145 Å². The zero-order chi connectivity index (χ0) is 17.1. The second-order valence-electron chi connectivity index (χ2n) is 5.55. The fourth-order valence-corrected chi connectivity index (χ4v) is 2.70. The Hall–Kier alpha value is -2.40. The van der Waals surface area contributed by atoms with Crippen molar-refractivity contribution in [2.45, 2.75) is 19.9 Å². The van der Waals surface area contributed by atoms with Gasteiger partial charge in [0.25, 0.3) is 0 Å². The molecule has 0 spiro atoms. The summed E-state index contributed by atoms with van der Waals surface area (Å²) in [6, 6.07) is 9.22. The highest BCUT2D eigenvalue weighted by Crippen LogP contribution is 2.32. The van der Waals surface area contributed by atoms with Crippen LogP contribution in [0.5, 0.6) is 17.2 Å². The first-order valence-corrected chi connectivity index (χ1v) is 7.93. The maximum atomic E-state index is 12.2. The Kier molecular flexibility index (Phi) is 4.81. The van der Waals surface area contributed by atoms with Crippen LogP contribution in [0.2, 0.25) is 5.02 Å². The third-order valence-electron chi connectivity index (χ3n) is 3.84. The first kappa shape index (κ1) is 16.5. The van der Waals surface area contributed by atoms with Gasteiger partial charge in [-0.3, -0.25) is 4.79 Å². The summed E-state index contributed by atoms with van der Waals surface area (Å²) in [5.74, 6) is 1.99. The number of hydrogen-bond donors (Lipinski definition) is 1. The van der Waals surface area contributed by atoms with Crippen LogP contribution in [0.25, 0.3) is 0 Å². The number of carbonyl (C=O) groups is 1. The Bertz CT molecular complexity index is 776. The number of amides is 1. The number of fused-ring (bicyclic) bond motifs is 1. The third kappa shape index (κ3) is 3.57. The zero-order valence-electron chi connectivity index (χ0n) is 13.5. The van der Waals surface area contributed by atoms with Gasteiger partial charge in [-0.1, -0.05) is 17.7 Å². The van der Waals surface area contributed by atoms with Gasteiger partial charge in [0, 0.05) is 17.1 Å². The first-order valence-electron chi connectivity index (χ1n) is 7.55. The molecule has 0 aromatic heterocycles. The van der Waals surface area contributed by atoms with E-state index >= 15 is 0 Å². The predicted octanol–water partition coefficient (Wildman–Crippen LogP) is 3.24. The predicted molar refractivity (Wildman–Crippen MR) is 90.9 cm³/mol. The van der Waals surface area contributed by atoms with E-state index in [4.69, 9.17) is 25.8 Å². The van der Waals surface area contributed by atoms with Crippen molar-refractivity contribution in [1.29, 1.82) is 0 Å². The molecular weight excluding hydrogens is 330 g/mol. The Balaban J connectivity index is 1.63. The lowest BCUT2D eigenvalue weighted by molar-refractivity contribution is -0.120. The molecule has 1 N–H and O–H groups in total. The van der Waals surface area contributed by atoms with E-state index in [1.165, 1.54) is 0 Å². The minimum absolute atomic E-state index is 0.106. The number of rotatable bonds is 5. The SMILES string of the molecule is COc1cc(C)c(Cl)cc1CC(=O)NCc1ccc2c(c1)OCO2. The molecule has 126 valence electrons. The van der Waals surface area contributed by atoms with Crippen LogP contribution in [-0.2, 0) is 17.8 Å². The highest BCUT2D eigenvalue weighted by Gasteiger charge is 2.14. The van der Waals surface area contributed by atoms with Crippen LogP contribution < -0.4 is 19.5 Å². The Morgan fingerprint density at radius 3 is 2.83 bits per heavy atom.